The van der Waals surface area contributed by atoms with Crippen molar-refractivity contribution < 1.29 is 9.53 Å². The topological polar surface area (TPSA) is 55.3 Å². The maximum absolute atomic E-state index is 11.6. The third kappa shape index (κ3) is 3.67. The fraction of sp³-hybridized carbons (Fsp3) is 0.389. The van der Waals surface area contributed by atoms with Crippen LogP contribution in [0.4, 0.5) is 0 Å². The van der Waals surface area contributed by atoms with Crippen LogP contribution in [-0.4, -0.2) is 33.9 Å². The van der Waals surface area contributed by atoms with Crippen LogP contribution in [-0.2, 0) is 4.79 Å². The number of aryl methyl sites for hydroxylation is 1. The van der Waals surface area contributed by atoms with Crippen molar-refractivity contribution in [3.8, 4) is 11.6 Å². The minimum atomic E-state index is 0.111. The molecular formula is C18H21N3O2. The molecule has 23 heavy (non-hydrogen) atoms. The summed E-state index contributed by atoms with van der Waals surface area (Å²) in [5.41, 5.74) is 1.97. The van der Waals surface area contributed by atoms with E-state index in [0.717, 1.165) is 36.4 Å². The van der Waals surface area contributed by atoms with Crippen molar-refractivity contribution in [1.29, 1.82) is 0 Å². The molecule has 0 aliphatic carbocycles. The van der Waals surface area contributed by atoms with Gasteiger partial charge in [-0.3, -0.25) is 9.78 Å². The van der Waals surface area contributed by atoms with Crippen molar-refractivity contribution in [3.63, 3.8) is 0 Å². The van der Waals surface area contributed by atoms with E-state index in [0.29, 0.717) is 12.4 Å². The Morgan fingerprint density at radius 1 is 1.30 bits per heavy atom. The zero-order valence-corrected chi connectivity index (χ0v) is 13.5. The molecule has 0 N–H and O–H groups in total. The van der Waals surface area contributed by atoms with Crippen molar-refractivity contribution in [2.24, 2.45) is 0 Å². The van der Waals surface area contributed by atoms with Crippen LogP contribution >= 0.6 is 0 Å². The summed E-state index contributed by atoms with van der Waals surface area (Å²) in [6, 6.07) is 7.87. The summed E-state index contributed by atoms with van der Waals surface area (Å²) in [6.45, 7) is 5.14. The average molecular weight is 311 g/mol. The second kappa shape index (κ2) is 6.77. The molecule has 1 aromatic carbocycles. The molecule has 1 aliphatic rings. The first-order valence-electron chi connectivity index (χ1n) is 7.94. The SMILES string of the molecule is CC(=O)N1CCC[C@@H](c2nccnc2Oc2cccc(C)c2)C1. The van der Waals surface area contributed by atoms with Crippen LogP contribution in [0.25, 0.3) is 0 Å². The van der Waals surface area contributed by atoms with Gasteiger partial charge in [0.25, 0.3) is 0 Å². The van der Waals surface area contributed by atoms with Crippen molar-refractivity contribution in [2.75, 3.05) is 13.1 Å². The maximum Gasteiger partial charge on any atom is 0.241 e. The Bertz CT molecular complexity index is 702. The van der Waals surface area contributed by atoms with E-state index in [1.165, 1.54) is 0 Å². The van der Waals surface area contributed by atoms with Crippen LogP contribution in [0.3, 0.4) is 0 Å². The molecule has 5 nitrogen and oxygen atoms in total. The van der Waals surface area contributed by atoms with Crippen molar-refractivity contribution in [1.82, 2.24) is 14.9 Å². The molecule has 5 heteroatoms. The van der Waals surface area contributed by atoms with Crippen LogP contribution in [0, 0.1) is 6.92 Å². The summed E-state index contributed by atoms with van der Waals surface area (Å²) >= 11 is 0. The van der Waals surface area contributed by atoms with E-state index < -0.39 is 0 Å². The lowest BCUT2D eigenvalue weighted by molar-refractivity contribution is -0.130. The molecule has 0 bridgehead atoms. The third-order valence-corrected chi connectivity index (χ3v) is 4.15. The lowest BCUT2D eigenvalue weighted by atomic mass is 9.94. The summed E-state index contributed by atoms with van der Waals surface area (Å²) in [5, 5.41) is 0. The predicted octanol–water partition coefficient (Wildman–Crippen LogP) is 3.30. The molecule has 0 spiro atoms. The van der Waals surface area contributed by atoms with Crippen LogP contribution in [0.2, 0.25) is 0 Å². The maximum atomic E-state index is 11.6. The van der Waals surface area contributed by atoms with E-state index in [9.17, 15) is 4.79 Å². The third-order valence-electron chi connectivity index (χ3n) is 4.15. The van der Waals surface area contributed by atoms with Gasteiger partial charge in [-0.05, 0) is 37.5 Å². The number of carbonyl (C=O) groups is 1. The van der Waals surface area contributed by atoms with Gasteiger partial charge < -0.3 is 9.64 Å². The average Bonchev–Trinajstić information content (AvgIpc) is 2.55. The van der Waals surface area contributed by atoms with Gasteiger partial charge in [-0.2, -0.15) is 0 Å². The first kappa shape index (κ1) is 15.5. The van der Waals surface area contributed by atoms with Gasteiger partial charge in [0.1, 0.15) is 11.4 Å². The monoisotopic (exact) mass is 311 g/mol. The number of ether oxygens (including phenoxy) is 1. The summed E-state index contributed by atoms with van der Waals surface area (Å²) in [5.74, 6) is 1.57. The van der Waals surface area contributed by atoms with E-state index in [1.54, 1.807) is 19.3 Å². The standard InChI is InChI=1S/C18H21N3O2/c1-13-5-3-7-16(11-13)23-18-17(19-8-9-20-18)15-6-4-10-21(12-15)14(2)22/h3,5,7-9,11,15H,4,6,10,12H2,1-2H3/t15-/m1/s1. The normalized spacial score (nSPS) is 17.8. The Morgan fingerprint density at radius 2 is 2.13 bits per heavy atom. The second-order valence-corrected chi connectivity index (χ2v) is 5.97. The number of hydrogen-bond acceptors (Lipinski definition) is 4. The van der Waals surface area contributed by atoms with Gasteiger partial charge in [-0.25, -0.2) is 4.98 Å². The van der Waals surface area contributed by atoms with Crippen molar-refractivity contribution >= 4 is 5.91 Å². The molecule has 1 aliphatic heterocycles. The van der Waals surface area contributed by atoms with Gasteiger partial charge in [-0.15, -0.1) is 0 Å². The van der Waals surface area contributed by atoms with Crippen LogP contribution in [0.1, 0.15) is 36.9 Å². The lowest BCUT2D eigenvalue weighted by Gasteiger charge is -2.32. The highest BCUT2D eigenvalue weighted by Crippen LogP contribution is 2.32. The Kier molecular flexibility index (Phi) is 4.55. The first-order chi connectivity index (χ1) is 11.1. The molecule has 2 aromatic rings. The van der Waals surface area contributed by atoms with E-state index in [1.807, 2.05) is 36.1 Å². The number of hydrogen-bond donors (Lipinski definition) is 0. The van der Waals surface area contributed by atoms with Crippen LogP contribution in [0.5, 0.6) is 11.6 Å². The highest BCUT2D eigenvalue weighted by molar-refractivity contribution is 5.73. The number of piperidine rings is 1. The molecule has 120 valence electrons. The van der Waals surface area contributed by atoms with E-state index in [-0.39, 0.29) is 11.8 Å². The Hall–Kier alpha value is -2.43. The second-order valence-electron chi connectivity index (χ2n) is 5.97. The first-order valence-corrected chi connectivity index (χ1v) is 7.94. The smallest absolute Gasteiger partial charge is 0.241 e. The number of benzene rings is 1. The quantitative estimate of drug-likeness (QED) is 0.872. The minimum absolute atomic E-state index is 0.111. The van der Waals surface area contributed by atoms with E-state index >= 15 is 0 Å². The highest BCUT2D eigenvalue weighted by Gasteiger charge is 2.27. The molecule has 3 rings (SSSR count). The molecule has 1 aromatic heterocycles. The van der Waals surface area contributed by atoms with Crippen molar-refractivity contribution in [3.05, 3.63) is 47.9 Å². The molecule has 1 amide bonds. The number of likely N-dealkylation sites (tertiary alicyclic amines) is 1. The number of aromatic nitrogens is 2. The van der Waals surface area contributed by atoms with Crippen LogP contribution in [0.15, 0.2) is 36.7 Å². The summed E-state index contributed by atoms with van der Waals surface area (Å²) in [4.78, 5) is 22.4. The number of rotatable bonds is 3. The van der Waals surface area contributed by atoms with Gasteiger partial charge in [-0.1, -0.05) is 12.1 Å². The lowest BCUT2D eigenvalue weighted by Crippen LogP contribution is -2.38. The number of carbonyl (C=O) groups excluding carboxylic acids is 1. The largest absolute Gasteiger partial charge is 0.437 e. The molecule has 2 heterocycles. The van der Waals surface area contributed by atoms with Gasteiger partial charge in [0, 0.05) is 38.3 Å². The molecule has 0 saturated carbocycles. The summed E-state index contributed by atoms with van der Waals surface area (Å²) in [7, 11) is 0. The number of nitrogens with zero attached hydrogens (tertiary/aromatic N) is 3. The molecule has 1 saturated heterocycles. The summed E-state index contributed by atoms with van der Waals surface area (Å²) < 4.78 is 5.96. The minimum Gasteiger partial charge on any atom is -0.437 e. The molecule has 0 unspecified atom stereocenters. The highest BCUT2D eigenvalue weighted by atomic mass is 16.5. The predicted molar refractivity (Wildman–Crippen MR) is 87.5 cm³/mol. The van der Waals surface area contributed by atoms with E-state index in [4.69, 9.17) is 4.74 Å². The summed E-state index contributed by atoms with van der Waals surface area (Å²) in [6.07, 6.45) is 5.29. The fourth-order valence-corrected chi connectivity index (χ4v) is 2.97. The fourth-order valence-electron chi connectivity index (χ4n) is 2.97. The van der Waals surface area contributed by atoms with Crippen LogP contribution < -0.4 is 4.74 Å². The Balaban J connectivity index is 1.84. The molecule has 0 radical (unpaired) electrons. The molecular weight excluding hydrogens is 290 g/mol. The van der Waals surface area contributed by atoms with Gasteiger partial charge in [0.15, 0.2) is 0 Å². The molecule has 1 fully saturated rings. The van der Waals surface area contributed by atoms with E-state index in [2.05, 4.69) is 9.97 Å². The Morgan fingerprint density at radius 3 is 2.91 bits per heavy atom. The van der Waals surface area contributed by atoms with Gasteiger partial charge in [0.2, 0.25) is 11.8 Å². The van der Waals surface area contributed by atoms with Gasteiger partial charge in [0.05, 0.1) is 0 Å². The van der Waals surface area contributed by atoms with Gasteiger partial charge >= 0.3 is 0 Å². The zero-order valence-electron chi connectivity index (χ0n) is 13.5. The zero-order chi connectivity index (χ0) is 16.2. The molecule has 1 atom stereocenters. The van der Waals surface area contributed by atoms with Crippen molar-refractivity contribution in [2.45, 2.75) is 32.6 Å². The number of amides is 1. The Labute approximate surface area is 136 Å².